The van der Waals surface area contributed by atoms with E-state index in [-0.39, 0.29) is 12.0 Å². The van der Waals surface area contributed by atoms with Crippen molar-refractivity contribution in [3.63, 3.8) is 0 Å². The van der Waals surface area contributed by atoms with Crippen molar-refractivity contribution in [1.82, 2.24) is 0 Å². The lowest BCUT2D eigenvalue weighted by Gasteiger charge is -2.08. The molecule has 3 nitrogen and oxygen atoms in total. The van der Waals surface area contributed by atoms with Gasteiger partial charge in [-0.2, -0.15) is 0 Å². The van der Waals surface area contributed by atoms with Crippen LogP contribution >= 0.6 is 0 Å². The number of carbonyl (C=O) groups is 1. The molecule has 0 heterocycles. The number of hydrogen-bond donors (Lipinski definition) is 1. The highest BCUT2D eigenvalue weighted by Crippen LogP contribution is 2.02. The van der Waals surface area contributed by atoms with E-state index in [2.05, 4.69) is 0 Å². The molecule has 0 aliphatic rings. The van der Waals surface area contributed by atoms with Crippen LogP contribution in [0.5, 0.6) is 0 Å². The van der Waals surface area contributed by atoms with Crippen LogP contribution in [0.3, 0.4) is 0 Å². The van der Waals surface area contributed by atoms with Gasteiger partial charge < -0.3 is 15.0 Å². The molecule has 0 spiro atoms. The van der Waals surface area contributed by atoms with E-state index in [4.69, 9.17) is 5.11 Å². The first kappa shape index (κ1) is 9.17. The highest BCUT2D eigenvalue weighted by atomic mass is 16.4. The van der Waals surface area contributed by atoms with Crippen LogP contribution in [0.4, 0.5) is 0 Å². The summed E-state index contributed by atoms with van der Waals surface area (Å²) in [6.07, 6.45) is 0.963. The molecule has 3 heteroatoms. The molecular weight excluding hydrogens is 132 g/mol. The molecule has 0 radical (unpaired) electrons. The molecule has 0 aliphatic heterocycles. The van der Waals surface area contributed by atoms with Crippen molar-refractivity contribution in [2.45, 2.75) is 26.4 Å². The summed E-state index contributed by atoms with van der Waals surface area (Å²) in [5.74, 6) is -1.21. The average Bonchev–Trinajstić information content (AvgIpc) is 1.81. The summed E-state index contributed by atoms with van der Waals surface area (Å²) in [7, 11) is 0. The van der Waals surface area contributed by atoms with Crippen molar-refractivity contribution in [2.75, 3.05) is 0 Å². The second kappa shape index (κ2) is 4.06. The summed E-state index contributed by atoms with van der Waals surface area (Å²) in [5.41, 5.74) is 0.148. The zero-order valence-electron chi connectivity index (χ0n) is 6.13. The van der Waals surface area contributed by atoms with Crippen molar-refractivity contribution in [3.8, 4) is 0 Å². The molecule has 0 aromatic rings. The maximum atomic E-state index is 10.2. The standard InChI is InChI=1S/C7H12O3/c1-3-6(7(9)10)4-5(2)8/h3,5,8H,4H2,1-2H3,(H,9,10)/p-1/b6-3+. The minimum Gasteiger partial charge on any atom is -0.545 e. The summed E-state index contributed by atoms with van der Waals surface area (Å²) in [5, 5.41) is 18.9. The molecule has 1 unspecified atom stereocenters. The number of carboxylic acids is 1. The van der Waals surface area contributed by atoms with Crippen LogP contribution in [0.15, 0.2) is 11.6 Å². The van der Waals surface area contributed by atoms with E-state index in [1.807, 2.05) is 0 Å². The fourth-order valence-electron chi connectivity index (χ4n) is 0.637. The largest absolute Gasteiger partial charge is 0.545 e. The molecule has 0 amide bonds. The van der Waals surface area contributed by atoms with E-state index in [1.165, 1.54) is 13.0 Å². The normalized spacial score (nSPS) is 14.9. The van der Waals surface area contributed by atoms with Crippen molar-refractivity contribution in [3.05, 3.63) is 11.6 Å². The van der Waals surface area contributed by atoms with Gasteiger partial charge >= 0.3 is 0 Å². The van der Waals surface area contributed by atoms with Crippen molar-refractivity contribution >= 4 is 5.97 Å². The second-order valence-electron chi connectivity index (χ2n) is 2.15. The Morgan fingerprint density at radius 2 is 2.30 bits per heavy atom. The predicted octanol–water partition coefficient (Wildman–Crippen LogP) is -0.546. The number of hydrogen-bond acceptors (Lipinski definition) is 3. The van der Waals surface area contributed by atoms with E-state index in [1.54, 1.807) is 6.92 Å². The van der Waals surface area contributed by atoms with Gasteiger partial charge in [-0.3, -0.25) is 0 Å². The molecule has 0 aromatic heterocycles. The van der Waals surface area contributed by atoms with Gasteiger partial charge in [0.05, 0.1) is 12.1 Å². The van der Waals surface area contributed by atoms with Crippen LogP contribution in [0.25, 0.3) is 0 Å². The Labute approximate surface area is 60.0 Å². The van der Waals surface area contributed by atoms with Crippen LogP contribution in [-0.4, -0.2) is 17.2 Å². The van der Waals surface area contributed by atoms with Crippen molar-refractivity contribution in [1.29, 1.82) is 0 Å². The molecule has 1 atom stereocenters. The van der Waals surface area contributed by atoms with Gasteiger partial charge in [-0.15, -0.1) is 0 Å². The third-order valence-corrected chi connectivity index (χ3v) is 1.13. The van der Waals surface area contributed by atoms with Crippen LogP contribution in [0, 0.1) is 0 Å². The molecule has 0 bridgehead atoms. The van der Waals surface area contributed by atoms with Gasteiger partial charge in [0.1, 0.15) is 0 Å². The van der Waals surface area contributed by atoms with Crippen LogP contribution in [0.1, 0.15) is 20.3 Å². The molecular formula is C7H11O3-. The Hall–Kier alpha value is -0.830. The Morgan fingerprint density at radius 3 is 2.40 bits per heavy atom. The Kier molecular flexibility index (Phi) is 3.72. The SMILES string of the molecule is C/C=C(\CC(C)O)C(=O)[O-]. The van der Waals surface area contributed by atoms with Gasteiger partial charge in [0.2, 0.25) is 0 Å². The van der Waals surface area contributed by atoms with Crippen LogP contribution < -0.4 is 5.11 Å². The minimum atomic E-state index is -1.21. The molecule has 0 fully saturated rings. The second-order valence-corrected chi connectivity index (χ2v) is 2.15. The van der Waals surface area contributed by atoms with E-state index in [9.17, 15) is 9.90 Å². The monoisotopic (exact) mass is 143 g/mol. The molecule has 0 aliphatic carbocycles. The first-order valence-electron chi connectivity index (χ1n) is 3.12. The fraction of sp³-hybridized carbons (Fsp3) is 0.571. The van der Waals surface area contributed by atoms with E-state index >= 15 is 0 Å². The lowest BCUT2D eigenvalue weighted by Crippen LogP contribution is -2.26. The van der Waals surface area contributed by atoms with Gasteiger partial charge in [0, 0.05) is 0 Å². The van der Waals surface area contributed by atoms with E-state index < -0.39 is 12.1 Å². The van der Waals surface area contributed by atoms with Crippen molar-refractivity contribution in [2.24, 2.45) is 0 Å². The lowest BCUT2D eigenvalue weighted by molar-refractivity contribution is -0.299. The maximum Gasteiger partial charge on any atom is 0.0672 e. The quantitative estimate of drug-likeness (QED) is 0.539. The lowest BCUT2D eigenvalue weighted by atomic mass is 10.1. The summed E-state index contributed by atoms with van der Waals surface area (Å²) in [4.78, 5) is 10.2. The first-order chi connectivity index (χ1) is 4.57. The fourth-order valence-corrected chi connectivity index (χ4v) is 0.637. The molecule has 0 saturated heterocycles. The minimum absolute atomic E-state index is 0.148. The smallest absolute Gasteiger partial charge is 0.0672 e. The van der Waals surface area contributed by atoms with Gasteiger partial charge in [-0.1, -0.05) is 6.08 Å². The number of aliphatic hydroxyl groups excluding tert-OH is 1. The highest BCUT2D eigenvalue weighted by Gasteiger charge is 2.00. The molecule has 0 saturated carbocycles. The summed E-state index contributed by atoms with van der Waals surface area (Å²) < 4.78 is 0. The van der Waals surface area contributed by atoms with Gasteiger partial charge in [-0.05, 0) is 25.8 Å². The van der Waals surface area contributed by atoms with E-state index in [0.717, 1.165) is 0 Å². The van der Waals surface area contributed by atoms with E-state index in [0.29, 0.717) is 0 Å². The number of rotatable bonds is 3. The van der Waals surface area contributed by atoms with Crippen LogP contribution in [0.2, 0.25) is 0 Å². The number of aliphatic hydroxyl groups is 1. The number of allylic oxidation sites excluding steroid dienone is 1. The Morgan fingerprint density at radius 1 is 1.80 bits per heavy atom. The molecule has 0 rings (SSSR count). The molecule has 1 N–H and O–H groups in total. The van der Waals surface area contributed by atoms with Gasteiger partial charge in [0.25, 0.3) is 0 Å². The Bertz CT molecular complexity index is 147. The summed E-state index contributed by atoms with van der Waals surface area (Å²) in [6.45, 7) is 3.14. The number of carboxylic acid groups (broad SMARTS) is 1. The number of aliphatic carboxylic acids is 1. The average molecular weight is 143 g/mol. The maximum absolute atomic E-state index is 10.2. The molecule has 58 valence electrons. The number of carbonyl (C=O) groups excluding carboxylic acids is 1. The van der Waals surface area contributed by atoms with Crippen LogP contribution in [-0.2, 0) is 4.79 Å². The third kappa shape index (κ3) is 3.25. The topological polar surface area (TPSA) is 60.4 Å². The Balaban J connectivity index is 3.99. The van der Waals surface area contributed by atoms with Gasteiger partial charge in [0.15, 0.2) is 0 Å². The highest BCUT2D eigenvalue weighted by molar-refractivity contribution is 5.84. The summed E-state index contributed by atoms with van der Waals surface area (Å²) >= 11 is 0. The third-order valence-electron chi connectivity index (χ3n) is 1.13. The predicted molar refractivity (Wildman–Crippen MR) is 35.1 cm³/mol. The van der Waals surface area contributed by atoms with Crippen molar-refractivity contribution < 1.29 is 15.0 Å². The zero-order chi connectivity index (χ0) is 8.15. The summed E-state index contributed by atoms with van der Waals surface area (Å²) in [6, 6.07) is 0. The molecule has 0 aromatic carbocycles. The first-order valence-corrected chi connectivity index (χ1v) is 3.12. The molecule has 10 heavy (non-hydrogen) atoms. The zero-order valence-corrected chi connectivity index (χ0v) is 6.13. The van der Waals surface area contributed by atoms with Gasteiger partial charge in [-0.25, -0.2) is 0 Å².